The number of imide groups is 1. The summed E-state index contributed by atoms with van der Waals surface area (Å²) in [5.74, 6) is -0.254. The zero-order chi connectivity index (χ0) is 19.0. The maximum Gasteiger partial charge on any atom is 0.324 e. The van der Waals surface area contributed by atoms with Gasteiger partial charge in [-0.05, 0) is 31.9 Å². The minimum atomic E-state index is -0.505. The molecule has 7 nitrogen and oxygen atoms in total. The van der Waals surface area contributed by atoms with Gasteiger partial charge in [0.15, 0.2) is 5.16 Å². The van der Waals surface area contributed by atoms with Crippen molar-refractivity contribution in [3.8, 4) is 0 Å². The lowest BCUT2D eigenvalue weighted by Crippen LogP contribution is -2.39. The first-order valence-electron chi connectivity index (χ1n) is 9.33. The van der Waals surface area contributed by atoms with Crippen LogP contribution in [0, 0.1) is 0 Å². The van der Waals surface area contributed by atoms with Crippen LogP contribution in [0.3, 0.4) is 0 Å². The Labute approximate surface area is 161 Å². The summed E-state index contributed by atoms with van der Waals surface area (Å²) in [6, 6.07) is 7.08. The van der Waals surface area contributed by atoms with Gasteiger partial charge >= 0.3 is 6.03 Å². The summed E-state index contributed by atoms with van der Waals surface area (Å²) < 4.78 is 1.77. The molecule has 0 unspecified atom stereocenters. The number of amides is 3. The molecule has 1 aliphatic carbocycles. The van der Waals surface area contributed by atoms with Crippen molar-refractivity contribution in [3.63, 3.8) is 0 Å². The molecule has 4 rings (SSSR count). The van der Waals surface area contributed by atoms with Gasteiger partial charge in [0.25, 0.3) is 5.56 Å². The minimum absolute atomic E-state index is 0.0476. The Bertz CT molecular complexity index is 952. The summed E-state index contributed by atoms with van der Waals surface area (Å²) in [5, 5.41) is 3.30. The number of aromatic nitrogens is 2. The van der Waals surface area contributed by atoms with E-state index in [1.54, 1.807) is 17.6 Å². The molecule has 2 fully saturated rings. The first kappa shape index (κ1) is 18.0. The van der Waals surface area contributed by atoms with E-state index < -0.39 is 5.25 Å². The van der Waals surface area contributed by atoms with Crippen LogP contribution >= 0.6 is 11.8 Å². The third-order valence-electron chi connectivity index (χ3n) is 5.22. The highest BCUT2D eigenvalue weighted by Crippen LogP contribution is 2.33. The third kappa shape index (κ3) is 3.34. The second-order valence-electron chi connectivity index (χ2n) is 7.01. The Hall–Kier alpha value is -2.35. The van der Waals surface area contributed by atoms with Gasteiger partial charge in [0.2, 0.25) is 5.91 Å². The Morgan fingerprint density at radius 2 is 2.00 bits per heavy atom. The molecule has 1 aliphatic heterocycles. The zero-order valence-corrected chi connectivity index (χ0v) is 16.0. The highest BCUT2D eigenvalue weighted by Gasteiger charge is 2.32. The summed E-state index contributed by atoms with van der Waals surface area (Å²) >= 11 is 1.26. The summed E-state index contributed by atoms with van der Waals surface area (Å²) in [6.45, 7) is 2.62. The van der Waals surface area contributed by atoms with E-state index >= 15 is 0 Å². The largest absolute Gasteiger partial charge is 0.336 e. The predicted octanol–water partition coefficient (Wildman–Crippen LogP) is 2.54. The highest BCUT2D eigenvalue weighted by atomic mass is 32.2. The summed E-state index contributed by atoms with van der Waals surface area (Å²) in [5.41, 5.74) is 0.589. The minimum Gasteiger partial charge on any atom is -0.336 e. The van der Waals surface area contributed by atoms with Crippen LogP contribution in [0.5, 0.6) is 0 Å². The number of carbonyl (C=O) groups is 2. The van der Waals surface area contributed by atoms with E-state index in [2.05, 4.69) is 5.32 Å². The maximum absolute atomic E-state index is 13.1. The van der Waals surface area contributed by atoms with Crippen LogP contribution in [0.2, 0.25) is 0 Å². The van der Waals surface area contributed by atoms with Gasteiger partial charge in [-0.1, -0.05) is 36.7 Å². The molecule has 2 aliphatic rings. The number of fused-ring (bicyclic) bond motifs is 1. The van der Waals surface area contributed by atoms with Crippen molar-refractivity contribution in [2.45, 2.75) is 49.1 Å². The average Bonchev–Trinajstić information content (AvgIpc) is 3.33. The van der Waals surface area contributed by atoms with Crippen molar-refractivity contribution in [1.29, 1.82) is 0 Å². The number of thioether (sulfide) groups is 1. The van der Waals surface area contributed by atoms with Crippen molar-refractivity contribution in [3.05, 3.63) is 34.6 Å². The van der Waals surface area contributed by atoms with E-state index in [1.165, 1.54) is 16.7 Å². The van der Waals surface area contributed by atoms with Crippen molar-refractivity contribution >= 4 is 34.6 Å². The van der Waals surface area contributed by atoms with Gasteiger partial charge in [-0.15, -0.1) is 0 Å². The lowest BCUT2D eigenvalue weighted by Gasteiger charge is -2.22. The van der Waals surface area contributed by atoms with Crippen molar-refractivity contribution in [2.75, 3.05) is 13.1 Å². The SMILES string of the molecule is C[C@H](Sc1nc2ccccc2c(=O)n1C1CCCC1)C(=O)N1CCNC1=O. The van der Waals surface area contributed by atoms with E-state index in [1.807, 2.05) is 18.2 Å². The van der Waals surface area contributed by atoms with Crippen LogP contribution < -0.4 is 10.9 Å². The third-order valence-corrected chi connectivity index (χ3v) is 6.27. The fourth-order valence-corrected chi connectivity index (χ4v) is 4.84. The fourth-order valence-electron chi connectivity index (χ4n) is 3.80. The smallest absolute Gasteiger partial charge is 0.324 e. The molecule has 142 valence electrons. The topological polar surface area (TPSA) is 84.3 Å². The number of hydrogen-bond donors (Lipinski definition) is 1. The van der Waals surface area contributed by atoms with Crippen molar-refractivity contribution in [2.24, 2.45) is 0 Å². The quantitative estimate of drug-likeness (QED) is 0.645. The van der Waals surface area contributed by atoms with Gasteiger partial charge in [0.1, 0.15) is 0 Å². The van der Waals surface area contributed by atoms with E-state index in [4.69, 9.17) is 4.98 Å². The normalized spacial score (nSPS) is 18.9. The zero-order valence-electron chi connectivity index (χ0n) is 15.2. The molecule has 1 aromatic carbocycles. The number of nitrogens with one attached hydrogen (secondary N) is 1. The maximum atomic E-state index is 13.1. The molecular weight excluding hydrogens is 364 g/mol. The molecule has 2 heterocycles. The number of carbonyl (C=O) groups excluding carboxylic acids is 2. The lowest BCUT2D eigenvalue weighted by atomic mass is 10.2. The van der Waals surface area contributed by atoms with Gasteiger partial charge in [0, 0.05) is 19.1 Å². The van der Waals surface area contributed by atoms with Gasteiger partial charge in [0.05, 0.1) is 16.2 Å². The molecule has 8 heteroatoms. The van der Waals surface area contributed by atoms with E-state index in [-0.39, 0.29) is 23.5 Å². The first-order valence-corrected chi connectivity index (χ1v) is 10.2. The number of rotatable bonds is 4. The Balaban J connectivity index is 1.71. The van der Waals surface area contributed by atoms with Crippen LogP contribution in [0.4, 0.5) is 4.79 Å². The highest BCUT2D eigenvalue weighted by molar-refractivity contribution is 8.00. The average molecular weight is 386 g/mol. The predicted molar refractivity (Wildman–Crippen MR) is 104 cm³/mol. The molecule has 1 atom stereocenters. The van der Waals surface area contributed by atoms with E-state index in [9.17, 15) is 14.4 Å². The molecular formula is C19H22N4O3S. The van der Waals surface area contributed by atoms with Crippen LogP contribution in [-0.2, 0) is 4.79 Å². The second kappa shape index (κ2) is 7.34. The number of hydrogen-bond acceptors (Lipinski definition) is 5. The summed E-state index contributed by atoms with van der Waals surface area (Å²) in [7, 11) is 0. The lowest BCUT2D eigenvalue weighted by molar-refractivity contribution is -0.126. The summed E-state index contributed by atoms with van der Waals surface area (Å²) in [4.78, 5) is 43.5. The fraction of sp³-hybridized carbons (Fsp3) is 0.474. The molecule has 1 N–H and O–H groups in total. The Morgan fingerprint density at radius 3 is 2.70 bits per heavy atom. The van der Waals surface area contributed by atoms with Gasteiger partial charge in [-0.2, -0.15) is 0 Å². The number of urea groups is 1. The molecule has 3 amide bonds. The number of para-hydroxylation sites is 1. The van der Waals surface area contributed by atoms with E-state index in [0.717, 1.165) is 25.7 Å². The molecule has 1 aromatic heterocycles. The van der Waals surface area contributed by atoms with Crippen LogP contribution in [0.25, 0.3) is 10.9 Å². The van der Waals surface area contributed by atoms with Gasteiger partial charge < -0.3 is 5.32 Å². The molecule has 0 radical (unpaired) electrons. The molecule has 1 saturated carbocycles. The molecule has 1 saturated heterocycles. The van der Waals surface area contributed by atoms with E-state index in [0.29, 0.717) is 29.1 Å². The van der Waals surface area contributed by atoms with Crippen LogP contribution in [0.15, 0.2) is 34.2 Å². The van der Waals surface area contributed by atoms with Crippen molar-refractivity contribution in [1.82, 2.24) is 19.8 Å². The molecule has 2 aromatic rings. The monoisotopic (exact) mass is 386 g/mol. The molecule has 27 heavy (non-hydrogen) atoms. The van der Waals surface area contributed by atoms with Gasteiger partial charge in [-0.3, -0.25) is 19.1 Å². The van der Waals surface area contributed by atoms with Crippen molar-refractivity contribution < 1.29 is 9.59 Å². The number of nitrogens with zero attached hydrogens (tertiary/aromatic N) is 3. The molecule has 0 bridgehead atoms. The Kier molecular flexibility index (Phi) is 4.90. The second-order valence-corrected chi connectivity index (χ2v) is 8.31. The van der Waals surface area contributed by atoms with Gasteiger partial charge in [-0.25, -0.2) is 9.78 Å². The Morgan fingerprint density at radius 1 is 1.26 bits per heavy atom. The molecule has 0 spiro atoms. The summed E-state index contributed by atoms with van der Waals surface area (Å²) in [6.07, 6.45) is 4.08. The number of benzene rings is 1. The first-order chi connectivity index (χ1) is 13.1. The van der Waals surface area contributed by atoms with Crippen LogP contribution in [0.1, 0.15) is 38.6 Å². The van der Waals surface area contributed by atoms with Crippen LogP contribution in [-0.4, -0.2) is 44.7 Å². The standard InChI is InChI=1S/C19H22N4O3S/c1-12(16(24)22-11-10-20-18(22)26)27-19-21-15-9-5-4-8-14(15)17(25)23(19)13-6-2-3-7-13/h4-5,8-9,12-13H,2-3,6-7,10-11H2,1H3,(H,20,26)/t12-/m0/s1.